The molecule has 0 bridgehead atoms. The summed E-state index contributed by atoms with van der Waals surface area (Å²) in [6.07, 6.45) is 10.5. The summed E-state index contributed by atoms with van der Waals surface area (Å²) in [5.41, 5.74) is 0.203. The Hall–Kier alpha value is -0.0800. The SMILES string of the molecule is CCCC1CCCC2(CC1)CNCC(C)(CC)O2. The van der Waals surface area contributed by atoms with Gasteiger partial charge in [0, 0.05) is 13.1 Å². The third-order valence-corrected chi connectivity index (χ3v) is 5.11. The van der Waals surface area contributed by atoms with Crippen molar-refractivity contribution >= 4 is 0 Å². The lowest BCUT2D eigenvalue weighted by Gasteiger charge is -2.47. The predicted molar refractivity (Wildman–Crippen MR) is 76.9 cm³/mol. The highest BCUT2D eigenvalue weighted by molar-refractivity contribution is 4.95. The molecule has 1 aliphatic carbocycles. The molecule has 0 radical (unpaired) electrons. The molecule has 2 rings (SSSR count). The van der Waals surface area contributed by atoms with Crippen molar-refractivity contribution in [1.82, 2.24) is 5.32 Å². The van der Waals surface area contributed by atoms with Gasteiger partial charge in [-0.25, -0.2) is 0 Å². The predicted octanol–water partition coefficient (Wildman–Crippen LogP) is 3.89. The van der Waals surface area contributed by atoms with Gasteiger partial charge in [0.1, 0.15) is 0 Å². The summed E-state index contributed by atoms with van der Waals surface area (Å²) in [5.74, 6) is 0.952. The minimum Gasteiger partial charge on any atom is -0.366 e. The van der Waals surface area contributed by atoms with Gasteiger partial charge < -0.3 is 10.1 Å². The Morgan fingerprint density at radius 1 is 1.17 bits per heavy atom. The Bertz CT molecular complexity index is 268. The zero-order chi connectivity index (χ0) is 13.1. The molecule has 0 aromatic carbocycles. The van der Waals surface area contributed by atoms with Crippen LogP contribution in [0.2, 0.25) is 0 Å². The molecule has 2 heteroatoms. The van der Waals surface area contributed by atoms with Gasteiger partial charge in [-0.2, -0.15) is 0 Å². The van der Waals surface area contributed by atoms with Crippen LogP contribution in [0.4, 0.5) is 0 Å². The second-order valence-corrected chi connectivity index (χ2v) is 6.78. The summed E-state index contributed by atoms with van der Waals surface area (Å²) in [6.45, 7) is 8.92. The molecule has 2 nitrogen and oxygen atoms in total. The van der Waals surface area contributed by atoms with E-state index in [1.807, 2.05) is 0 Å². The molecule has 106 valence electrons. The van der Waals surface area contributed by atoms with Crippen LogP contribution < -0.4 is 5.32 Å². The standard InChI is InChI=1S/C16H31NO/c1-4-7-14-8-6-10-16(11-9-14)13-17-12-15(3,5-2)18-16/h14,17H,4-13H2,1-3H3. The highest BCUT2D eigenvalue weighted by Crippen LogP contribution is 2.39. The lowest BCUT2D eigenvalue weighted by molar-refractivity contribution is -0.177. The molecule has 18 heavy (non-hydrogen) atoms. The molecule has 3 atom stereocenters. The van der Waals surface area contributed by atoms with Crippen molar-refractivity contribution in [3.05, 3.63) is 0 Å². The molecule has 1 saturated carbocycles. The number of nitrogens with one attached hydrogen (secondary N) is 1. The summed E-state index contributed by atoms with van der Waals surface area (Å²) in [4.78, 5) is 0. The van der Waals surface area contributed by atoms with Crippen LogP contribution in [0, 0.1) is 5.92 Å². The minimum atomic E-state index is 0.0584. The van der Waals surface area contributed by atoms with Crippen LogP contribution in [0.5, 0.6) is 0 Å². The molecule has 0 aromatic rings. The summed E-state index contributed by atoms with van der Waals surface area (Å²) in [5, 5.41) is 3.64. The van der Waals surface area contributed by atoms with E-state index in [1.54, 1.807) is 0 Å². The molecule has 2 fully saturated rings. The number of rotatable bonds is 3. The lowest BCUT2D eigenvalue weighted by Crippen LogP contribution is -2.58. The van der Waals surface area contributed by atoms with Gasteiger partial charge in [0.25, 0.3) is 0 Å². The number of hydrogen-bond acceptors (Lipinski definition) is 2. The maximum atomic E-state index is 6.60. The highest BCUT2D eigenvalue weighted by Gasteiger charge is 2.42. The van der Waals surface area contributed by atoms with Gasteiger partial charge in [-0.15, -0.1) is 0 Å². The van der Waals surface area contributed by atoms with Crippen molar-refractivity contribution < 1.29 is 4.74 Å². The third-order valence-electron chi connectivity index (χ3n) is 5.11. The van der Waals surface area contributed by atoms with Crippen molar-refractivity contribution in [2.45, 2.75) is 83.3 Å². The third kappa shape index (κ3) is 3.27. The van der Waals surface area contributed by atoms with Crippen molar-refractivity contribution in [2.24, 2.45) is 5.92 Å². The lowest BCUT2D eigenvalue weighted by atomic mass is 9.88. The minimum absolute atomic E-state index is 0.0584. The molecule has 1 heterocycles. The van der Waals surface area contributed by atoms with E-state index in [1.165, 1.54) is 44.9 Å². The van der Waals surface area contributed by atoms with E-state index in [9.17, 15) is 0 Å². The average Bonchev–Trinajstić information content (AvgIpc) is 2.53. The molecule has 0 aromatic heterocycles. The Labute approximate surface area is 113 Å². The Morgan fingerprint density at radius 2 is 2.00 bits per heavy atom. The zero-order valence-corrected chi connectivity index (χ0v) is 12.6. The van der Waals surface area contributed by atoms with Crippen LogP contribution in [0.25, 0.3) is 0 Å². The van der Waals surface area contributed by atoms with Gasteiger partial charge in [-0.1, -0.05) is 39.5 Å². The molecular weight excluding hydrogens is 222 g/mol. The van der Waals surface area contributed by atoms with Crippen LogP contribution in [-0.4, -0.2) is 24.3 Å². The fourth-order valence-corrected chi connectivity index (χ4v) is 3.77. The second-order valence-electron chi connectivity index (χ2n) is 6.78. The molecule has 1 N–H and O–H groups in total. The van der Waals surface area contributed by atoms with Crippen molar-refractivity contribution in [2.75, 3.05) is 13.1 Å². The molecule has 2 aliphatic rings. The van der Waals surface area contributed by atoms with Gasteiger partial charge in [0.15, 0.2) is 0 Å². The second kappa shape index (κ2) is 5.92. The van der Waals surface area contributed by atoms with Crippen molar-refractivity contribution in [1.29, 1.82) is 0 Å². The molecule has 3 unspecified atom stereocenters. The van der Waals surface area contributed by atoms with Crippen LogP contribution in [0.3, 0.4) is 0 Å². The fourth-order valence-electron chi connectivity index (χ4n) is 3.77. The van der Waals surface area contributed by atoms with E-state index in [2.05, 4.69) is 26.1 Å². The maximum Gasteiger partial charge on any atom is 0.0814 e. The molecule has 1 aliphatic heterocycles. The molecule has 1 spiro atoms. The normalized spacial score (nSPS) is 41.8. The van der Waals surface area contributed by atoms with Gasteiger partial charge in [-0.3, -0.25) is 0 Å². The summed E-state index contributed by atoms with van der Waals surface area (Å²) in [6, 6.07) is 0. The molecular formula is C16H31NO. The van der Waals surface area contributed by atoms with E-state index < -0.39 is 0 Å². The van der Waals surface area contributed by atoms with Crippen LogP contribution in [0.1, 0.15) is 72.1 Å². The topological polar surface area (TPSA) is 21.3 Å². The van der Waals surface area contributed by atoms with E-state index in [4.69, 9.17) is 4.74 Å². The Kier molecular flexibility index (Phi) is 4.71. The summed E-state index contributed by atoms with van der Waals surface area (Å²) < 4.78 is 6.60. The monoisotopic (exact) mass is 253 g/mol. The van der Waals surface area contributed by atoms with Crippen LogP contribution in [0.15, 0.2) is 0 Å². The Balaban J connectivity index is 1.98. The van der Waals surface area contributed by atoms with Gasteiger partial charge >= 0.3 is 0 Å². The quantitative estimate of drug-likeness (QED) is 0.824. The largest absolute Gasteiger partial charge is 0.366 e. The zero-order valence-electron chi connectivity index (χ0n) is 12.6. The first-order chi connectivity index (χ1) is 8.61. The molecule has 0 amide bonds. The van der Waals surface area contributed by atoms with Crippen molar-refractivity contribution in [3.8, 4) is 0 Å². The first-order valence-corrected chi connectivity index (χ1v) is 8.02. The summed E-state index contributed by atoms with van der Waals surface area (Å²) in [7, 11) is 0. The maximum absolute atomic E-state index is 6.60. The number of morpholine rings is 1. The Morgan fingerprint density at radius 3 is 2.72 bits per heavy atom. The number of hydrogen-bond donors (Lipinski definition) is 1. The van der Waals surface area contributed by atoms with Crippen LogP contribution in [-0.2, 0) is 4.74 Å². The average molecular weight is 253 g/mol. The van der Waals surface area contributed by atoms with E-state index >= 15 is 0 Å². The van der Waals surface area contributed by atoms with Crippen LogP contribution >= 0.6 is 0 Å². The summed E-state index contributed by atoms with van der Waals surface area (Å²) >= 11 is 0. The molecule has 1 saturated heterocycles. The highest BCUT2D eigenvalue weighted by atomic mass is 16.5. The first-order valence-electron chi connectivity index (χ1n) is 8.02. The van der Waals surface area contributed by atoms with Crippen molar-refractivity contribution in [3.63, 3.8) is 0 Å². The van der Waals surface area contributed by atoms with Gasteiger partial charge in [0.2, 0.25) is 0 Å². The van der Waals surface area contributed by atoms with E-state index in [0.29, 0.717) is 0 Å². The van der Waals surface area contributed by atoms with Gasteiger partial charge in [-0.05, 0) is 38.5 Å². The fraction of sp³-hybridized carbons (Fsp3) is 1.00. The van der Waals surface area contributed by atoms with Gasteiger partial charge in [0.05, 0.1) is 11.2 Å². The van der Waals surface area contributed by atoms with E-state index in [-0.39, 0.29) is 11.2 Å². The number of ether oxygens (including phenoxy) is 1. The first kappa shape index (κ1) is 14.3. The smallest absolute Gasteiger partial charge is 0.0814 e. The van der Waals surface area contributed by atoms with E-state index in [0.717, 1.165) is 25.4 Å².